The van der Waals surface area contributed by atoms with Gasteiger partial charge in [0.25, 0.3) is 10.0 Å². The molecule has 0 radical (unpaired) electrons. The number of benzene rings is 2. The summed E-state index contributed by atoms with van der Waals surface area (Å²) in [4.78, 5) is 4.36. The van der Waals surface area contributed by atoms with E-state index in [2.05, 4.69) is 34.1 Å². The SMILES string of the molecule is CCc1ccc(Nc2ccc(NS(=O)(=O)c3ccc4c(c3)OCO4)cn2)cc1. The third-order valence-corrected chi connectivity index (χ3v) is 5.68. The number of fused-ring (bicyclic) bond motifs is 1. The molecule has 7 nitrogen and oxygen atoms in total. The van der Waals surface area contributed by atoms with Crippen molar-refractivity contribution in [2.75, 3.05) is 16.8 Å². The third kappa shape index (κ3) is 3.86. The summed E-state index contributed by atoms with van der Waals surface area (Å²) in [6.07, 6.45) is 2.45. The third-order valence-electron chi connectivity index (χ3n) is 4.30. The lowest BCUT2D eigenvalue weighted by atomic mass is 10.1. The van der Waals surface area contributed by atoms with Gasteiger partial charge >= 0.3 is 0 Å². The molecule has 0 bridgehead atoms. The topological polar surface area (TPSA) is 89.5 Å². The number of sulfonamides is 1. The number of ether oxygens (including phenoxy) is 2. The summed E-state index contributed by atoms with van der Waals surface area (Å²) in [6, 6.07) is 15.9. The smallest absolute Gasteiger partial charge is 0.262 e. The summed E-state index contributed by atoms with van der Waals surface area (Å²) in [5, 5.41) is 3.19. The average molecular weight is 397 g/mol. The van der Waals surface area contributed by atoms with Crippen molar-refractivity contribution in [3.8, 4) is 11.5 Å². The average Bonchev–Trinajstić information content (AvgIpc) is 3.18. The summed E-state index contributed by atoms with van der Waals surface area (Å²) in [7, 11) is -3.76. The minimum atomic E-state index is -3.76. The molecule has 28 heavy (non-hydrogen) atoms. The number of pyridine rings is 1. The molecule has 0 amide bonds. The van der Waals surface area contributed by atoms with Crippen LogP contribution in [0.15, 0.2) is 65.7 Å². The lowest BCUT2D eigenvalue weighted by Gasteiger charge is -2.10. The van der Waals surface area contributed by atoms with Gasteiger partial charge in [-0.1, -0.05) is 19.1 Å². The molecular formula is C20H19N3O4S. The molecule has 1 aromatic heterocycles. The van der Waals surface area contributed by atoms with Crippen LogP contribution in [0, 0.1) is 0 Å². The standard InChI is InChI=1S/C20H19N3O4S/c1-2-14-3-5-15(6-4-14)22-20-10-7-16(12-21-20)23-28(24,25)17-8-9-18-19(11-17)27-13-26-18/h3-12,23H,2,13H2,1H3,(H,21,22). The first-order chi connectivity index (χ1) is 13.5. The second kappa shape index (κ2) is 7.40. The van der Waals surface area contributed by atoms with E-state index in [4.69, 9.17) is 9.47 Å². The Morgan fingerprint density at radius 3 is 2.43 bits per heavy atom. The first-order valence-corrected chi connectivity index (χ1v) is 10.3. The number of nitrogens with one attached hydrogen (secondary N) is 2. The van der Waals surface area contributed by atoms with Crippen LogP contribution in [0.2, 0.25) is 0 Å². The summed E-state index contributed by atoms with van der Waals surface area (Å²) in [5.74, 6) is 1.56. The van der Waals surface area contributed by atoms with Crippen molar-refractivity contribution in [2.45, 2.75) is 18.2 Å². The molecule has 0 fully saturated rings. The molecule has 2 aromatic carbocycles. The highest BCUT2D eigenvalue weighted by molar-refractivity contribution is 7.92. The minimum absolute atomic E-state index is 0.0891. The van der Waals surface area contributed by atoms with Gasteiger partial charge in [0.2, 0.25) is 6.79 Å². The van der Waals surface area contributed by atoms with Crippen molar-refractivity contribution >= 4 is 27.2 Å². The monoisotopic (exact) mass is 397 g/mol. The quantitative estimate of drug-likeness (QED) is 0.655. The van der Waals surface area contributed by atoms with E-state index in [1.54, 1.807) is 18.2 Å². The van der Waals surface area contributed by atoms with E-state index in [-0.39, 0.29) is 11.7 Å². The maximum absolute atomic E-state index is 12.6. The van der Waals surface area contributed by atoms with E-state index in [9.17, 15) is 8.42 Å². The summed E-state index contributed by atoms with van der Waals surface area (Å²) in [6.45, 7) is 2.19. The first kappa shape index (κ1) is 18.1. The van der Waals surface area contributed by atoms with E-state index in [1.807, 2.05) is 12.1 Å². The molecule has 1 aliphatic rings. The molecule has 0 saturated heterocycles. The lowest BCUT2D eigenvalue weighted by Crippen LogP contribution is -2.13. The van der Waals surface area contributed by atoms with E-state index in [0.717, 1.165) is 12.1 Å². The van der Waals surface area contributed by atoms with Crippen LogP contribution >= 0.6 is 0 Å². The molecule has 0 saturated carbocycles. The molecule has 8 heteroatoms. The maximum atomic E-state index is 12.6. The zero-order chi connectivity index (χ0) is 19.6. The van der Waals surface area contributed by atoms with Gasteiger partial charge in [-0.05, 0) is 48.4 Å². The zero-order valence-electron chi connectivity index (χ0n) is 15.2. The predicted octanol–water partition coefficient (Wildman–Crippen LogP) is 3.92. The molecular weight excluding hydrogens is 378 g/mol. The summed E-state index contributed by atoms with van der Waals surface area (Å²) < 4.78 is 38.1. The Hall–Kier alpha value is -3.26. The van der Waals surface area contributed by atoms with Crippen LogP contribution in [0.4, 0.5) is 17.2 Å². The molecule has 144 valence electrons. The van der Waals surface area contributed by atoms with Crippen LogP contribution in [-0.2, 0) is 16.4 Å². The largest absolute Gasteiger partial charge is 0.454 e. The molecule has 0 spiro atoms. The molecule has 2 heterocycles. The summed E-state index contributed by atoms with van der Waals surface area (Å²) >= 11 is 0. The van der Waals surface area contributed by atoms with Crippen molar-refractivity contribution in [3.05, 3.63) is 66.4 Å². The van der Waals surface area contributed by atoms with Crippen LogP contribution in [0.1, 0.15) is 12.5 Å². The fourth-order valence-corrected chi connectivity index (χ4v) is 3.82. The van der Waals surface area contributed by atoms with Crippen LogP contribution in [0.5, 0.6) is 11.5 Å². The van der Waals surface area contributed by atoms with Gasteiger partial charge in [-0.2, -0.15) is 0 Å². The van der Waals surface area contributed by atoms with Gasteiger partial charge in [-0.15, -0.1) is 0 Å². The molecule has 3 aromatic rings. The van der Waals surface area contributed by atoms with Gasteiger partial charge in [0.15, 0.2) is 11.5 Å². The number of aromatic nitrogens is 1. The minimum Gasteiger partial charge on any atom is -0.454 e. The maximum Gasteiger partial charge on any atom is 0.262 e. The fourth-order valence-electron chi connectivity index (χ4n) is 2.76. The molecule has 1 aliphatic heterocycles. The zero-order valence-corrected chi connectivity index (χ0v) is 16.0. The number of nitrogens with zero attached hydrogens (tertiary/aromatic N) is 1. The van der Waals surface area contributed by atoms with Gasteiger partial charge in [0, 0.05) is 11.8 Å². The Morgan fingerprint density at radius 1 is 0.964 bits per heavy atom. The first-order valence-electron chi connectivity index (χ1n) is 8.78. The number of hydrogen-bond acceptors (Lipinski definition) is 6. The Balaban J connectivity index is 1.46. The van der Waals surface area contributed by atoms with E-state index < -0.39 is 10.0 Å². The van der Waals surface area contributed by atoms with Crippen molar-refractivity contribution < 1.29 is 17.9 Å². The number of rotatable bonds is 6. The molecule has 0 unspecified atom stereocenters. The second-order valence-corrected chi connectivity index (χ2v) is 7.91. The van der Waals surface area contributed by atoms with Gasteiger partial charge in [-0.25, -0.2) is 13.4 Å². The Morgan fingerprint density at radius 2 is 1.71 bits per heavy atom. The highest BCUT2D eigenvalue weighted by atomic mass is 32.2. The van der Waals surface area contributed by atoms with Crippen LogP contribution in [0.3, 0.4) is 0 Å². The van der Waals surface area contributed by atoms with Crippen molar-refractivity contribution in [2.24, 2.45) is 0 Å². The molecule has 0 atom stereocenters. The fraction of sp³-hybridized carbons (Fsp3) is 0.150. The van der Waals surface area contributed by atoms with E-state index >= 15 is 0 Å². The van der Waals surface area contributed by atoms with Gasteiger partial charge in [0.1, 0.15) is 5.82 Å². The van der Waals surface area contributed by atoms with E-state index in [0.29, 0.717) is 23.0 Å². The van der Waals surface area contributed by atoms with Gasteiger partial charge < -0.3 is 14.8 Å². The molecule has 4 rings (SSSR count). The molecule has 0 aliphatic carbocycles. The highest BCUT2D eigenvalue weighted by Crippen LogP contribution is 2.34. The second-order valence-electron chi connectivity index (χ2n) is 6.23. The Bertz CT molecular complexity index is 1080. The van der Waals surface area contributed by atoms with Crippen molar-refractivity contribution in [1.29, 1.82) is 0 Å². The lowest BCUT2D eigenvalue weighted by molar-refractivity contribution is 0.174. The number of aryl methyl sites for hydroxylation is 1. The number of hydrogen-bond donors (Lipinski definition) is 2. The van der Waals surface area contributed by atoms with Crippen LogP contribution < -0.4 is 19.5 Å². The Labute approximate surface area is 163 Å². The van der Waals surface area contributed by atoms with Crippen molar-refractivity contribution in [1.82, 2.24) is 4.98 Å². The van der Waals surface area contributed by atoms with Crippen molar-refractivity contribution in [3.63, 3.8) is 0 Å². The van der Waals surface area contributed by atoms with Crippen LogP contribution in [-0.4, -0.2) is 20.2 Å². The normalized spacial score (nSPS) is 12.6. The highest BCUT2D eigenvalue weighted by Gasteiger charge is 2.20. The Kier molecular flexibility index (Phi) is 4.79. The number of anilines is 3. The summed E-state index contributed by atoms with van der Waals surface area (Å²) in [5.41, 5.74) is 2.54. The van der Waals surface area contributed by atoms with Gasteiger partial charge in [0.05, 0.1) is 16.8 Å². The van der Waals surface area contributed by atoms with Crippen LogP contribution in [0.25, 0.3) is 0 Å². The van der Waals surface area contributed by atoms with E-state index in [1.165, 1.54) is 23.9 Å². The predicted molar refractivity (Wildman–Crippen MR) is 107 cm³/mol. The molecule has 2 N–H and O–H groups in total. The van der Waals surface area contributed by atoms with Gasteiger partial charge in [-0.3, -0.25) is 4.72 Å².